The van der Waals surface area contributed by atoms with Crippen LogP contribution in [0, 0.1) is 6.92 Å². The maximum Gasteiger partial charge on any atom is 0.254 e. The lowest BCUT2D eigenvalue weighted by molar-refractivity contribution is 0.0732. The van der Waals surface area contributed by atoms with Crippen molar-refractivity contribution in [2.24, 2.45) is 5.16 Å². The molecule has 1 aliphatic heterocycles. The lowest BCUT2D eigenvalue weighted by Crippen LogP contribution is -2.31. The zero-order valence-electron chi connectivity index (χ0n) is 15.7. The van der Waals surface area contributed by atoms with Gasteiger partial charge in [-0.3, -0.25) is 4.79 Å². The molecule has 7 nitrogen and oxygen atoms in total. The van der Waals surface area contributed by atoms with E-state index in [1.165, 1.54) is 7.11 Å². The van der Waals surface area contributed by atoms with E-state index in [9.17, 15) is 4.79 Å². The van der Waals surface area contributed by atoms with Crippen LogP contribution in [0.25, 0.3) is 11.1 Å². The molecular formula is C21H20N4O3. The molecule has 0 N–H and O–H groups in total. The van der Waals surface area contributed by atoms with Gasteiger partial charge in [0.1, 0.15) is 13.2 Å². The number of likely N-dealkylation sites (tertiary alicyclic amines) is 1. The monoisotopic (exact) mass is 376 g/mol. The maximum absolute atomic E-state index is 13.2. The van der Waals surface area contributed by atoms with Gasteiger partial charge in [-0.2, -0.15) is 4.98 Å². The lowest BCUT2D eigenvalue weighted by Gasteiger charge is -2.21. The summed E-state index contributed by atoms with van der Waals surface area (Å²) in [6.45, 7) is 2.09. The van der Waals surface area contributed by atoms with E-state index >= 15 is 0 Å². The summed E-state index contributed by atoms with van der Waals surface area (Å²) >= 11 is 0. The number of benzene rings is 2. The number of rotatable bonds is 4. The van der Waals surface area contributed by atoms with Crippen molar-refractivity contribution in [3.63, 3.8) is 0 Å². The largest absolute Gasteiger partial charge is 0.399 e. The Morgan fingerprint density at radius 2 is 1.86 bits per heavy atom. The van der Waals surface area contributed by atoms with Crippen molar-refractivity contribution in [1.29, 1.82) is 0 Å². The second-order valence-corrected chi connectivity index (χ2v) is 6.61. The molecule has 0 saturated carbocycles. The van der Waals surface area contributed by atoms with Gasteiger partial charge in [0.05, 0.1) is 12.3 Å². The van der Waals surface area contributed by atoms with E-state index in [2.05, 4.69) is 15.3 Å². The van der Waals surface area contributed by atoms with Crippen LogP contribution in [0.15, 0.2) is 64.3 Å². The zero-order valence-corrected chi connectivity index (χ0v) is 15.7. The summed E-state index contributed by atoms with van der Waals surface area (Å²) in [5.41, 5.74) is 3.54. The number of carbonyl (C=O) groups excluding carboxylic acids is 1. The van der Waals surface area contributed by atoms with Gasteiger partial charge in [-0.15, -0.1) is 0 Å². The number of carbonyl (C=O) groups is 1. The average Bonchev–Trinajstić information content (AvgIpc) is 3.35. The standard InChI is InChI=1S/C21H20N4O3/c1-14-22-20(24-28-14)19-12-18(23-27-2)13-25(19)21(26)17-10-8-16(9-11-17)15-6-4-3-5-7-15/h3-11,19H,12-13H2,1-2H3/t19-/m0/s1. The second kappa shape index (κ2) is 7.64. The van der Waals surface area contributed by atoms with E-state index in [0.717, 1.165) is 16.8 Å². The van der Waals surface area contributed by atoms with E-state index in [1.807, 2.05) is 54.6 Å². The van der Waals surface area contributed by atoms with Crippen LogP contribution >= 0.6 is 0 Å². The lowest BCUT2D eigenvalue weighted by atomic mass is 10.0. The van der Waals surface area contributed by atoms with Crippen molar-refractivity contribution in [1.82, 2.24) is 15.0 Å². The minimum atomic E-state index is -0.326. The molecule has 0 bridgehead atoms. The third kappa shape index (κ3) is 3.51. The minimum Gasteiger partial charge on any atom is -0.399 e. The molecule has 1 saturated heterocycles. The molecule has 0 radical (unpaired) electrons. The van der Waals surface area contributed by atoms with E-state index < -0.39 is 0 Å². The second-order valence-electron chi connectivity index (χ2n) is 6.61. The van der Waals surface area contributed by atoms with Crippen molar-refractivity contribution in [2.45, 2.75) is 19.4 Å². The zero-order chi connectivity index (χ0) is 19.5. The minimum absolute atomic E-state index is 0.103. The highest BCUT2D eigenvalue weighted by Gasteiger charge is 2.37. The van der Waals surface area contributed by atoms with Gasteiger partial charge in [0, 0.05) is 18.9 Å². The third-order valence-corrected chi connectivity index (χ3v) is 4.72. The number of nitrogens with zero attached hydrogens (tertiary/aromatic N) is 4. The Morgan fingerprint density at radius 1 is 1.14 bits per heavy atom. The van der Waals surface area contributed by atoms with Crippen LogP contribution in [0.5, 0.6) is 0 Å². The molecule has 0 aliphatic carbocycles. The van der Waals surface area contributed by atoms with Gasteiger partial charge in [0.2, 0.25) is 5.89 Å². The topological polar surface area (TPSA) is 80.8 Å². The highest BCUT2D eigenvalue weighted by molar-refractivity contribution is 6.00. The van der Waals surface area contributed by atoms with Gasteiger partial charge in [0.15, 0.2) is 5.82 Å². The fraction of sp³-hybridized carbons (Fsp3) is 0.238. The van der Waals surface area contributed by atoms with Crippen LogP contribution in [-0.4, -0.2) is 40.3 Å². The van der Waals surface area contributed by atoms with Crippen molar-refractivity contribution in [2.75, 3.05) is 13.7 Å². The van der Waals surface area contributed by atoms with Crippen LogP contribution in [0.4, 0.5) is 0 Å². The summed E-state index contributed by atoms with van der Waals surface area (Å²) in [5.74, 6) is 0.841. The van der Waals surface area contributed by atoms with E-state index in [4.69, 9.17) is 9.36 Å². The van der Waals surface area contributed by atoms with Gasteiger partial charge in [-0.1, -0.05) is 52.8 Å². The first-order valence-corrected chi connectivity index (χ1v) is 9.01. The predicted octanol–water partition coefficient (Wildman–Crippen LogP) is 3.63. The number of aromatic nitrogens is 2. The molecule has 1 aliphatic rings. The summed E-state index contributed by atoms with van der Waals surface area (Å²) < 4.78 is 5.10. The van der Waals surface area contributed by atoms with Crippen LogP contribution < -0.4 is 0 Å². The third-order valence-electron chi connectivity index (χ3n) is 4.72. The number of hydrogen-bond donors (Lipinski definition) is 0. The Bertz CT molecular complexity index is 996. The number of amides is 1. The van der Waals surface area contributed by atoms with Crippen molar-refractivity contribution in [3.05, 3.63) is 71.9 Å². The van der Waals surface area contributed by atoms with Gasteiger partial charge in [-0.25, -0.2) is 0 Å². The first kappa shape index (κ1) is 17.9. The molecule has 2 heterocycles. The van der Waals surface area contributed by atoms with Crippen LogP contribution in [0.2, 0.25) is 0 Å². The Balaban J connectivity index is 1.60. The highest BCUT2D eigenvalue weighted by atomic mass is 16.6. The molecule has 1 aromatic heterocycles. The van der Waals surface area contributed by atoms with Gasteiger partial charge in [-0.05, 0) is 23.3 Å². The predicted molar refractivity (Wildman–Crippen MR) is 104 cm³/mol. The fourth-order valence-corrected chi connectivity index (χ4v) is 3.40. The molecule has 7 heteroatoms. The number of hydrogen-bond acceptors (Lipinski definition) is 6. The first-order valence-electron chi connectivity index (χ1n) is 9.01. The molecule has 0 unspecified atom stereocenters. The SMILES string of the molecule is CON=C1C[C@@H](c2noc(C)n2)N(C(=O)c2ccc(-c3ccccc3)cc2)C1. The highest BCUT2D eigenvalue weighted by Crippen LogP contribution is 2.31. The summed E-state index contributed by atoms with van der Waals surface area (Å²) in [7, 11) is 1.49. The molecule has 2 aromatic carbocycles. The van der Waals surface area contributed by atoms with E-state index in [1.54, 1.807) is 11.8 Å². The summed E-state index contributed by atoms with van der Waals surface area (Å²) in [6, 6.07) is 17.3. The Kier molecular flexibility index (Phi) is 4.89. The van der Waals surface area contributed by atoms with Crippen LogP contribution in [-0.2, 0) is 4.84 Å². The maximum atomic E-state index is 13.2. The van der Waals surface area contributed by atoms with Crippen LogP contribution in [0.1, 0.15) is 34.5 Å². The van der Waals surface area contributed by atoms with E-state index in [-0.39, 0.29) is 11.9 Å². The Hall–Kier alpha value is -3.48. The van der Waals surface area contributed by atoms with Crippen molar-refractivity contribution < 1.29 is 14.2 Å². The molecule has 4 rings (SSSR count). The van der Waals surface area contributed by atoms with Gasteiger partial charge in [0.25, 0.3) is 5.91 Å². The molecule has 28 heavy (non-hydrogen) atoms. The quantitative estimate of drug-likeness (QED) is 0.650. The first-order chi connectivity index (χ1) is 13.7. The van der Waals surface area contributed by atoms with Gasteiger partial charge < -0.3 is 14.3 Å². The molecule has 3 aromatic rings. The average molecular weight is 376 g/mol. The Morgan fingerprint density at radius 3 is 2.50 bits per heavy atom. The molecule has 1 amide bonds. The number of aryl methyl sites for hydroxylation is 1. The number of oxime groups is 1. The molecule has 1 atom stereocenters. The fourth-order valence-electron chi connectivity index (χ4n) is 3.40. The molecular weight excluding hydrogens is 356 g/mol. The van der Waals surface area contributed by atoms with Gasteiger partial charge >= 0.3 is 0 Å². The molecule has 1 fully saturated rings. The van der Waals surface area contributed by atoms with Crippen molar-refractivity contribution in [3.8, 4) is 11.1 Å². The Labute approximate surface area is 162 Å². The molecule has 142 valence electrons. The molecule has 0 spiro atoms. The smallest absolute Gasteiger partial charge is 0.254 e. The van der Waals surface area contributed by atoms with Crippen molar-refractivity contribution >= 4 is 11.6 Å². The normalized spacial score (nSPS) is 17.9. The van der Waals surface area contributed by atoms with E-state index in [0.29, 0.717) is 30.2 Å². The summed E-state index contributed by atoms with van der Waals surface area (Å²) in [5, 5.41) is 8.02. The summed E-state index contributed by atoms with van der Waals surface area (Å²) in [4.78, 5) is 24.1. The van der Waals surface area contributed by atoms with Crippen LogP contribution in [0.3, 0.4) is 0 Å². The summed E-state index contributed by atoms with van der Waals surface area (Å²) in [6.07, 6.45) is 0.515.